The molecule has 6 heteroatoms. The van der Waals surface area contributed by atoms with Gasteiger partial charge in [0.2, 0.25) is 0 Å². The van der Waals surface area contributed by atoms with Crippen molar-refractivity contribution >= 4 is 49.9 Å². The molecular weight excluding hydrogens is 1110 g/mol. The molecule has 2 aliphatic rings. The summed E-state index contributed by atoms with van der Waals surface area (Å²) in [6.07, 6.45) is 2.07. The van der Waals surface area contributed by atoms with Crippen LogP contribution in [0.25, 0.3) is 82.8 Å². The third-order valence-electron chi connectivity index (χ3n) is 16.3. The number of benzene rings is 10. The van der Waals surface area contributed by atoms with Crippen LogP contribution in [0.5, 0.6) is 11.5 Å². The molecule has 1 aliphatic heterocycles. The number of para-hydroxylation sites is 3. The Bertz CT molecular complexity index is 4100. The third kappa shape index (κ3) is 7.59. The molecule has 3 heterocycles. The van der Waals surface area contributed by atoms with Gasteiger partial charge in [-0.25, -0.2) is 0 Å². The van der Waals surface area contributed by atoms with Crippen molar-refractivity contribution in [3.05, 3.63) is 261 Å². The Morgan fingerprint density at radius 1 is 0.434 bits per heavy atom. The van der Waals surface area contributed by atoms with Gasteiger partial charge in [0.15, 0.2) is 0 Å². The van der Waals surface area contributed by atoms with Crippen molar-refractivity contribution < 1.29 is 25.8 Å². The number of fused-ring (bicyclic) bond motifs is 4. The number of rotatable bonds is 9. The molecule has 0 spiro atoms. The van der Waals surface area contributed by atoms with E-state index in [1.807, 2.05) is 18.2 Å². The molecule has 0 saturated heterocycles. The van der Waals surface area contributed by atoms with Gasteiger partial charge in [-0.15, -0.1) is 48.1 Å². The van der Waals surface area contributed by atoms with E-state index >= 15 is 0 Å². The maximum atomic E-state index is 6.80. The van der Waals surface area contributed by atoms with Crippen molar-refractivity contribution in [1.82, 2.24) is 9.61 Å². The van der Waals surface area contributed by atoms with Gasteiger partial charge in [0.05, 0.1) is 11.7 Å². The molecule has 0 fully saturated rings. The monoisotopic (exact) mass is 1160 g/mol. The van der Waals surface area contributed by atoms with Crippen LogP contribution in [0.4, 0.5) is 22.7 Å². The van der Waals surface area contributed by atoms with Crippen LogP contribution < -0.4 is 14.5 Å². The van der Waals surface area contributed by atoms with Crippen molar-refractivity contribution in [1.29, 1.82) is 0 Å². The second kappa shape index (κ2) is 18.4. The molecule has 0 radical (unpaired) electrons. The summed E-state index contributed by atoms with van der Waals surface area (Å²) in [5.41, 5.74) is 19.8. The Morgan fingerprint density at radius 2 is 0.947 bits per heavy atom. The Kier molecular flexibility index (Phi) is 11.4. The molecule has 0 saturated carbocycles. The average Bonchev–Trinajstić information content (AvgIpc) is 4.25. The van der Waals surface area contributed by atoms with E-state index in [9.17, 15) is 0 Å². The molecule has 10 aromatic carbocycles. The van der Waals surface area contributed by atoms with Gasteiger partial charge in [0.1, 0.15) is 0 Å². The van der Waals surface area contributed by atoms with Gasteiger partial charge >= 0.3 is 0 Å². The van der Waals surface area contributed by atoms with Crippen LogP contribution in [0, 0.1) is 18.8 Å². The van der Waals surface area contributed by atoms with Crippen LogP contribution >= 0.6 is 0 Å². The molecular formula is C70H51N4OPt-3. The second-order valence-corrected chi connectivity index (χ2v) is 20.9. The molecule has 76 heavy (non-hydrogen) atoms. The predicted octanol–water partition coefficient (Wildman–Crippen LogP) is 18.3. The second-order valence-electron chi connectivity index (χ2n) is 20.9. The van der Waals surface area contributed by atoms with Crippen molar-refractivity contribution in [2.24, 2.45) is 0 Å². The topological polar surface area (TPSA) is 33.0 Å². The molecule has 1 aliphatic carbocycles. The fourth-order valence-electron chi connectivity index (χ4n) is 11.7. The number of pyridine rings is 1. The summed E-state index contributed by atoms with van der Waals surface area (Å²) in [4.78, 5) is 4.57. The van der Waals surface area contributed by atoms with Crippen molar-refractivity contribution in [3.63, 3.8) is 0 Å². The maximum Gasteiger partial charge on any atom is 0.0752 e. The fourth-order valence-corrected chi connectivity index (χ4v) is 11.7. The smallest absolute Gasteiger partial charge is 0.0752 e. The number of aromatic nitrogens is 2. The van der Waals surface area contributed by atoms with Gasteiger partial charge in [-0.05, 0) is 96.7 Å². The minimum Gasteiger partial charge on any atom is -0.509 e. The molecule has 12 aromatic rings. The first kappa shape index (κ1) is 47.2. The van der Waals surface area contributed by atoms with Gasteiger partial charge in [-0.1, -0.05) is 197 Å². The minimum atomic E-state index is -0.188. The number of ether oxygens (including phenoxy) is 1. The van der Waals surface area contributed by atoms with E-state index in [1.165, 1.54) is 55.3 Å². The Morgan fingerprint density at radius 3 is 1.58 bits per heavy atom. The van der Waals surface area contributed by atoms with Gasteiger partial charge < -0.3 is 14.5 Å². The van der Waals surface area contributed by atoms with Crippen LogP contribution in [-0.4, -0.2) is 9.61 Å². The van der Waals surface area contributed by atoms with E-state index in [0.29, 0.717) is 11.5 Å². The number of anilines is 4. The summed E-state index contributed by atoms with van der Waals surface area (Å²) >= 11 is 0. The largest absolute Gasteiger partial charge is 0.509 e. The van der Waals surface area contributed by atoms with E-state index in [4.69, 9.17) is 9.84 Å². The summed E-state index contributed by atoms with van der Waals surface area (Å²) < 4.78 is 8.89. The Hall–Kier alpha value is -8.50. The molecule has 370 valence electrons. The molecule has 5 nitrogen and oxygen atoms in total. The SMILES string of the molecule is CC1(C)c2cc(-c3ccccc3)cc3c4ccc(Oc5[c-]c(N6[CH-]N(c7c(-c8cccc(-c9ccccc9)c8)cccc7-c7cccc(-c8ccccc8)c7)c7ccccc76)ccc5)[c-]c4n4ncc(c4c23)C1(C)C.[Pt]. The van der Waals surface area contributed by atoms with Crippen LogP contribution in [0.2, 0.25) is 0 Å². The Labute approximate surface area is 458 Å². The summed E-state index contributed by atoms with van der Waals surface area (Å²) in [6, 6.07) is 87.5. The first-order chi connectivity index (χ1) is 36.7. The van der Waals surface area contributed by atoms with E-state index in [2.05, 4.69) is 273 Å². The van der Waals surface area contributed by atoms with Crippen LogP contribution in [0.15, 0.2) is 231 Å². The predicted molar refractivity (Wildman–Crippen MR) is 309 cm³/mol. The van der Waals surface area contributed by atoms with E-state index in [1.54, 1.807) is 0 Å². The first-order valence-corrected chi connectivity index (χ1v) is 25.8. The molecule has 0 unspecified atom stereocenters. The molecule has 0 amide bonds. The maximum absolute atomic E-state index is 6.80. The standard InChI is InChI=1S/C70H51N4O.Pt/c1-69(2)61-41-53(48-24-12-7-13-25-48)40-60-59-37-36-56(43-65(59)74-68(66(60)61)62(44-71-74)70(69,3)4)75-55-31-18-30-54(42-55)72-45-73(64-35-15-14-34-63(64)72)67-57(51-28-16-26-49(38-51)46-20-8-5-9-21-46)32-19-33-58(67)52-29-17-27-50(39-52)47-22-10-6-11-23-47;/h5-41,44-45H,1-4H3;/q-3;. The summed E-state index contributed by atoms with van der Waals surface area (Å²) in [5.74, 6) is 1.17. The summed E-state index contributed by atoms with van der Waals surface area (Å²) in [7, 11) is 0. The number of hydrogen-bond donors (Lipinski definition) is 0. The van der Waals surface area contributed by atoms with Crippen molar-refractivity contribution in [3.8, 4) is 67.1 Å². The quantitative estimate of drug-likeness (QED) is 0.107. The normalized spacial score (nSPS) is 14.1. The number of hydrogen-bond acceptors (Lipinski definition) is 4. The van der Waals surface area contributed by atoms with Crippen LogP contribution in [0.3, 0.4) is 0 Å². The zero-order chi connectivity index (χ0) is 50.4. The van der Waals surface area contributed by atoms with Crippen molar-refractivity contribution in [2.75, 3.05) is 9.80 Å². The fraction of sp³-hybridized carbons (Fsp3) is 0.0857. The summed E-state index contributed by atoms with van der Waals surface area (Å²) in [6.45, 7) is 11.7. The Balaban J connectivity index is 0.00000553. The van der Waals surface area contributed by atoms with E-state index < -0.39 is 0 Å². The number of nitrogens with zero attached hydrogens (tertiary/aromatic N) is 4. The molecule has 0 atom stereocenters. The zero-order valence-electron chi connectivity index (χ0n) is 42.5. The molecule has 0 bridgehead atoms. The van der Waals surface area contributed by atoms with Gasteiger partial charge in [-0.3, -0.25) is 4.52 Å². The average molecular weight is 1160 g/mol. The molecule has 14 rings (SSSR count). The van der Waals surface area contributed by atoms with E-state index in [0.717, 1.165) is 61.4 Å². The first-order valence-electron chi connectivity index (χ1n) is 25.8. The minimum absolute atomic E-state index is 0. The van der Waals surface area contributed by atoms with Gasteiger partial charge in [0.25, 0.3) is 0 Å². The summed E-state index contributed by atoms with van der Waals surface area (Å²) in [5, 5.41) is 8.64. The third-order valence-corrected chi connectivity index (χ3v) is 16.3. The molecule has 0 N–H and O–H groups in total. The van der Waals surface area contributed by atoms with E-state index in [-0.39, 0.29) is 31.9 Å². The van der Waals surface area contributed by atoms with Crippen LogP contribution in [0.1, 0.15) is 38.8 Å². The molecule has 2 aromatic heterocycles. The zero-order valence-corrected chi connectivity index (χ0v) is 44.8. The van der Waals surface area contributed by atoms with Gasteiger partial charge in [0, 0.05) is 71.7 Å². The van der Waals surface area contributed by atoms with Gasteiger partial charge in [-0.2, -0.15) is 17.2 Å². The van der Waals surface area contributed by atoms with Crippen LogP contribution in [-0.2, 0) is 31.9 Å². The van der Waals surface area contributed by atoms with Crippen molar-refractivity contribution in [2.45, 2.75) is 38.5 Å².